The molecule has 13 heavy (non-hydrogen) atoms. The molecule has 0 N–H and O–H groups in total. The molecular weight excluding hydrogens is 160 g/mol. The Morgan fingerprint density at radius 3 is 2.85 bits per heavy atom. The molecule has 1 heteroatoms. The first kappa shape index (κ1) is 10.0. The first-order valence-electron chi connectivity index (χ1n) is 4.48. The third kappa shape index (κ3) is 2.71. The predicted octanol–water partition coefficient (Wildman–Crippen LogP) is 3.26. The lowest BCUT2D eigenvalue weighted by molar-refractivity contribution is 0.106. The number of methoxy groups -OCH3 is 1. The fraction of sp³-hybridized carbons (Fsp3) is 0.333. The smallest absolute Gasteiger partial charge is 0.0855 e. The molecule has 0 bridgehead atoms. The molecule has 0 aliphatic carbocycles. The number of hydrogen-bond acceptors (Lipinski definition) is 1. The van der Waals surface area contributed by atoms with Gasteiger partial charge in [0.2, 0.25) is 0 Å². The van der Waals surface area contributed by atoms with Gasteiger partial charge in [-0.25, -0.2) is 0 Å². The average Bonchev–Trinajstić information content (AvgIpc) is 2.14. The normalized spacial score (nSPS) is 12.5. The third-order valence-corrected chi connectivity index (χ3v) is 2.08. The van der Waals surface area contributed by atoms with Crippen LogP contribution in [0.15, 0.2) is 36.9 Å². The maximum atomic E-state index is 5.36. The molecule has 70 valence electrons. The predicted molar refractivity (Wildman–Crippen MR) is 55.7 cm³/mol. The number of rotatable bonds is 4. The molecule has 1 nitrogen and oxygen atoms in total. The Labute approximate surface area is 80.0 Å². The third-order valence-electron chi connectivity index (χ3n) is 2.08. The Kier molecular flexibility index (Phi) is 3.71. The molecule has 0 fully saturated rings. The SMILES string of the molecule is C=CCC(OC)c1cccc(C)c1. The van der Waals surface area contributed by atoms with Crippen molar-refractivity contribution >= 4 is 0 Å². The molecule has 1 unspecified atom stereocenters. The highest BCUT2D eigenvalue weighted by Crippen LogP contribution is 2.21. The van der Waals surface area contributed by atoms with Crippen molar-refractivity contribution in [3.8, 4) is 0 Å². The van der Waals surface area contributed by atoms with Gasteiger partial charge in [0.1, 0.15) is 0 Å². The molecule has 0 amide bonds. The highest BCUT2D eigenvalue weighted by molar-refractivity contribution is 5.24. The molecule has 0 spiro atoms. The molecule has 0 saturated heterocycles. The van der Waals surface area contributed by atoms with Gasteiger partial charge in [-0.05, 0) is 18.9 Å². The highest BCUT2D eigenvalue weighted by Gasteiger charge is 2.07. The number of aryl methyl sites for hydroxylation is 1. The zero-order valence-corrected chi connectivity index (χ0v) is 8.29. The van der Waals surface area contributed by atoms with E-state index in [1.807, 2.05) is 6.08 Å². The van der Waals surface area contributed by atoms with Gasteiger partial charge in [0, 0.05) is 7.11 Å². The van der Waals surface area contributed by atoms with Crippen LogP contribution >= 0.6 is 0 Å². The number of hydrogen-bond donors (Lipinski definition) is 0. The fourth-order valence-corrected chi connectivity index (χ4v) is 1.39. The highest BCUT2D eigenvalue weighted by atomic mass is 16.5. The second-order valence-corrected chi connectivity index (χ2v) is 3.16. The van der Waals surface area contributed by atoms with Crippen LogP contribution in [0.4, 0.5) is 0 Å². The van der Waals surface area contributed by atoms with Crippen LogP contribution in [0.1, 0.15) is 23.7 Å². The molecule has 1 rings (SSSR count). The summed E-state index contributed by atoms with van der Waals surface area (Å²) in [5.74, 6) is 0. The van der Waals surface area contributed by atoms with Crippen molar-refractivity contribution in [1.82, 2.24) is 0 Å². The fourth-order valence-electron chi connectivity index (χ4n) is 1.39. The van der Waals surface area contributed by atoms with Crippen molar-refractivity contribution in [2.45, 2.75) is 19.4 Å². The second-order valence-electron chi connectivity index (χ2n) is 3.16. The summed E-state index contributed by atoms with van der Waals surface area (Å²) in [6.07, 6.45) is 2.90. The van der Waals surface area contributed by atoms with Gasteiger partial charge in [0.05, 0.1) is 6.10 Å². The van der Waals surface area contributed by atoms with Crippen molar-refractivity contribution in [3.63, 3.8) is 0 Å². The van der Waals surface area contributed by atoms with Gasteiger partial charge in [0.15, 0.2) is 0 Å². The lowest BCUT2D eigenvalue weighted by Gasteiger charge is -2.13. The molecule has 1 aromatic carbocycles. The van der Waals surface area contributed by atoms with E-state index >= 15 is 0 Å². The molecule has 0 aliphatic heterocycles. The van der Waals surface area contributed by atoms with Crippen molar-refractivity contribution in [2.24, 2.45) is 0 Å². The zero-order valence-electron chi connectivity index (χ0n) is 8.29. The van der Waals surface area contributed by atoms with E-state index in [2.05, 4.69) is 37.8 Å². The molecule has 0 radical (unpaired) electrons. The van der Waals surface area contributed by atoms with Crippen LogP contribution in [0.25, 0.3) is 0 Å². The molecule has 0 aromatic heterocycles. The van der Waals surface area contributed by atoms with Crippen LogP contribution in [0, 0.1) is 6.92 Å². The number of ether oxygens (including phenoxy) is 1. The topological polar surface area (TPSA) is 9.23 Å². The summed E-state index contributed by atoms with van der Waals surface area (Å²) in [7, 11) is 1.73. The van der Waals surface area contributed by atoms with Crippen LogP contribution < -0.4 is 0 Å². The maximum Gasteiger partial charge on any atom is 0.0855 e. The van der Waals surface area contributed by atoms with Crippen LogP contribution in [-0.4, -0.2) is 7.11 Å². The summed E-state index contributed by atoms with van der Waals surface area (Å²) < 4.78 is 5.36. The van der Waals surface area contributed by atoms with Gasteiger partial charge in [0.25, 0.3) is 0 Å². The molecule has 1 aromatic rings. The number of benzene rings is 1. The summed E-state index contributed by atoms with van der Waals surface area (Å²) in [5, 5.41) is 0. The van der Waals surface area contributed by atoms with Gasteiger partial charge < -0.3 is 4.74 Å². The molecule has 0 aliphatic rings. The Morgan fingerprint density at radius 2 is 2.31 bits per heavy atom. The van der Waals surface area contributed by atoms with Crippen molar-refractivity contribution in [3.05, 3.63) is 48.0 Å². The Balaban J connectivity index is 2.84. The lowest BCUT2D eigenvalue weighted by atomic mass is 10.0. The van der Waals surface area contributed by atoms with Crippen molar-refractivity contribution in [1.29, 1.82) is 0 Å². The standard InChI is InChI=1S/C12H16O/c1-4-6-12(13-3)11-8-5-7-10(2)9-11/h4-5,7-9,12H,1,6H2,2-3H3. The summed E-state index contributed by atoms with van der Waals surface area (Å²) in [6.45, 7) is 5.80. The van der Waals surface area contributed by atoms with Gasteiger partial charge in [-0.15, -0.1) is 6.58 Å². The quantitative estimate of drug-likeness (QED) is 0.640. The Morgan fingerprint density at radius 1 is 1.54 bits per heavy atom. The molecule has 0 saturated carbocycles. The summed E-state index contributed by atoms with van der Waals surface area (Å²) in [4.78, 5) is 0. The van der Waals surface area contributed by atoms with Gasteiger partial charge in [-0.3, -0.25) is 0 Å². The maximum absolute atomic E-state index is 5.36. The average molecular weight is 176 g/mol. The van der Waals surface area contributed by atoms with E-state index in [0.717, 1.165) is 6.42 Å². The largest absolute Gasteiger partial charge is 0.376 e. The van der Waals surface area contributed by atoms with Gasteiger partial charge >= 0.3 is 0 Å². The van der Waals surface area contributed by atoms with Crippen LogP contribution in [-0.2, 0) is 4.74 Å². The minimum Gasteiger partial charge on any atom is -0.376 e. The monoisotopic (exact) mass is 176 g/mol. The van der Waals surface area contributed by atoms with E-state index in [-0.39, 0.29) is 6.10 Å². The van der Waals surface area contributed by atoms with Crippen LogP contribution in [0.3, 0.4) is 0 Å². The van der Waals surface area contributed by atoms with E-state index in [1.54, 1.807) is 7.11 Å². The van der Waals surface area contributed by atoms with E-state index < -0.39 is 0 Å². The molecular formula is C12H16O. The van der Waals surface area contributed by atoms with E-state index in [4.69, 9.17) is 4.74 Å². The van der Waals surface area contributed by atoms with E-state index in [0.29, 0.717) is 0 Å². The summed E-state index contributed by atoms with van der Waals surface area (Å²) >= 11 is 0. The minimum absolute atomic E-state index is 0.150. The minimum atomic E-state index is 0.150. The second kappa shape index (κ2) is 4.83. The van der Waals surface area contributed by atoms with Gasteiger partial charge in [-0.2, -0.15) is 0 Å². The molecule has 0 heterocycles. The summed E-state index contributed by atoms with van der Waals surface area (Å²) in [5.41, 5.74) is 2.49. The Hall–Kier alpha value is -1.08. The van der Waals surface area contributed by atoms with Gasteiger partial charge in [-0.1, -0.05) is 35.9 Å². The Bertz CT molecular complexity index is 278. The van der Waals surface area contributed by atoms with Crippen LogP contribution in [0.5, 0.6) is 0 Å². The van der Waals surface area contributed by atoms with Crippen molar-refractivity contribution in [2.75, 3.05) is 7.11 Å². The first-order chi connectivity index (χ1) is 6.27. The zero-order chi connectivity index (χ0) is 9.68. The molecule has 1 atom stereocenters. The van der Waals surface area contributed by atoms with Crippen LogP contribution in [0.2, 0.25) is 0 Å². The first-order valence-corrected chi connectivity index (χ1v) is 4.48. The lowest BCUT2D eigenvalue weighted by Crippen LogP contribution is -1.99. The van der Waals surface area contributed by atoms with Crippen molar-refractivity contribution < 1.29 is 4.74 Å². The van der Waals surface area contributed by atoms with E-state index in [9.17, 15) is 0 Å². The summed E-state index contributed by atoms with van der Waals surface area (Å²) in [6, 6.07) is 8.38. The van der Waals surface area contributed by atoms with E-state index in [1.165, 1.54) is 11.1 Å².